The van der Waals surface area contributed by atoms with Gasteiger partial charge in [0.05, 0.1) is 17.4 Å². The first-order chi connectivity index (χ1) is 12.6. The van der Waals surface area contributed by atoms with Crippen LogP contribution in [-0.4, -0.2) is 10.8 Å². The van der Waals surface area contributed by atoms with E-state index in [-0.39, 0.29) is 24.1 Å². The molecule has 1 amide bonds. The van der Waals surface area contributed by atoms with E-state index in [0.717, 1.165) is 24.0 Å². The van der Waals surface area contributed by atoms with Gasteiger partial charge >= 0.3 is 0 Å². The van der Waals surface area contributed by atoms with Crippen molar-refractivity contribution >= 4 is 11.6 Å². The number of carbonyl (C=O) groups is 1. The van der Waals surface area contributed by atoms with Gasteiger partial charge in [0.1, 0.15) is 0 Å². The molecule has 1 fully saturated rings. The molecule has 5 nitrogen and oxygen atoms in total. The number of benzene rings is 2. The Morgan fingerprint density at radius 2 is 1.69 bits per heavy atom. The van der Waals surface area contributed by atoms with Gasteiger partial charge in [0.15, 0.2) is 0 Å². The summed E-state index contributed by atoms with van der Waals surface area (Å²) in [7, 11) is 0. The van der Waals surface area contributed by atoms with Gasteiger partial charge in [-0.15, -0.1) is 0 Å². The van der Waals surface area contributed by atoms with E-state index >= 15 is 0 Å². The highest BCUT2D eigenvalue weighted by Gasteiger charge is 2.26. The van der Waals surface area contributed by atoms with Crippen molar-refractivity contribution in [1.29, 1.82) is 0 Å². The molecule has 0 heterocycles. The van der Waals surface area contributed by atoms with Crippen molar-refractivity contribution < 1.29 is 9.72 Å². The predicted octanol–water partition coefficient (Wildman–Crippen LogP) is 4.58. The van der Waals surface area contributed by atoms with Crippen LogP contribution in [0.5, 0.6) is 0 Å². The Kier molecular flexibility index (Phi) is 6.00. The van der Waals surface area contributed by atoms with Gasteiger partial charge in [-0.3, -0.25) is 14.9 Å². The second-order valence-electron chi connectivity index (χ2n) is 6.95. The first-order valence-corrected chi connectivity index (χ1v) is 9.21. The molecule has 1 N–H and O–H groups in total. The van der Waals surface area contributed by atoms with Crippen LogP contribution >= 0.6 is 0 Å². The summed E-state index contributed by atoms with van der Waals surface area (Å²) in [5.41, 5.74) is 1.97. The Morgan fingerprint density at radius 1 is 1.04 bits per heavy atom. The molecular weight excluding hydrogens is 328 g/mol. The lowest BCUT2D eigenvalue weighted by Crippen LogP contribution is -2.35. The molecule has 136 valence electrons. The van der Waals surface area contributed by atoms with Gasteiger partial charge in [-0.05, 0) is 29.9 Å². The monoisotopic (exact) mass is 352 g/mol. The summed E-state index contributed by atoms with van der Waals surface area (Å²) in [4.78, 5) is 22.9. The Morgan fingerprint density at radius 3 is 2.31 bits per heavy atom. The van der Waals surface area contributed by atoms with Gasteiger partial charge in [0, 0.05) is 12.1 Å². The van der Waals surface area contributed by atoms with Crippen molar-refractivity contribution in [2.45, 2.75) is 44.6 Å². The third-order valence-corrected chi connectivity index (χ3v) is 5.11. The molecule has 0 spiro atoms. The van der Waals surface area contributed by atoms with E-state index in [2.05, 4.69) is 17.4 Å². The molecule has 0 aromatic heterocycles. The molecule has 0 bridgehead atoms. The number of non-ortho nitro benzene ring substituents is 1. The second kappa shape index (κ2) is 8.61. The number of amides is 1. The summed E-state index contributed by atoms with van der Waals surface area (Å²) < 4.78 is 0. The van der Waals surface area contributed by atoms with Gasteiger partial charge in [0.25, 0.3) is 5.69 Å². The smallest absolute Gasteiger partial charge is 0.269 e. The fraction of sp³-hybridized carbons (Fsp3) is 0.381. The number of nitro benzene ring substituents is 1. The van der Waals surface area contributed by atoms with Gasteiger partial charge in [-0.1, -0.05) is 61.7 Å². The van der Waals surface area contributed by atoms with Crippen molar-refractivity contribution in [3.63, 3.8) is 0 Å². The summed E-state index contributed by atoms with van der Waals surface area (Å²) in [5.74, 6) is 0.422. The highest BCUT2D eigenvalue weighted by atomic mass is 16.6. The minimum absolute atomic E-state index is 0.0297. The number of hydrogen-bond acceptors (Lipinski definition) is 3. The highest BCUT2D eigenvalue weighted by Crippen LogP contribution is 2.34. The summed E-state index contributed by atoms with van der Waals surface area (Å²) in [6.07, 6.45) is 6.20. The van der Waals surface area contributed by atoms with E-state index in [1.165, 1.54) is 31.4 Å². The van der Waals surface area contributed by atoms with E-state index in [9.17, 15) is 14.9 Å². The fourth-order valence-corrected chi connectivity index (χ4v) is 3.75. The summed E-state index contributed by atoms with van der Waals surface area (Å²) >= 11 is 0. The number of hydrogen-bond donors (Lipinski definition) is 1. The molecule has 2 aromatic carbocycles. The molecule has 1 atom stereocenters. The predicted molar refractivity (Wildman–Crippen MR) is 101 cm³/mol. The minimum atomic E-state index is -0.432. The zero-order chi connectivity index (χ0) is 18.4. The van der Waals surface area contributed by atoms with Gasteiger partial charge in [-0.25, -0.2) is 0 Å². The number of nitrogens with one attached hydrogen (secondary N) is 1. The maximum atomic E-state index is 12.6. The number of rotatable bonds is 6. The van der Waals surface area contributed by atoms with Gasteiger partial charge < -0.3 is 5.32 Å². The molecule has 0 aliphatic heterocycles. The maximum Gasteiger partial charge on any atom is 0.269 e. The molecule has 3 rings (SSSR count). The molecule has 5 heteroatoms. The number of carbonyl (C=O) groups excluding carboxylic acids is 1. The molecule has 1 saturated carbocycles. The molecule has 2 aromatic rings. The van der Waals surface area contributed by atoms with Crippen molar-refractivity contribution in [1.82, 2.24) is 5.32 Å². The molecule has 0 radical (unpaired) electrons. The van der Waals surface area contributed by atoms with Crippen LogP contribution in [0.2, 0.25) is 0 Å². The standard InChI is InChI=1S/C21H24N2O3/c24-20(15-16-11-13-19(14-12-16)23(25)26)22-21(17-7-3-1-4-8-17)18-9-5-2-6-10-18/h1,3-4,7-8,11-14,18,21H,2,5-6,9-10,15H2,(H,22,24). The average Bonchev–Trinajstić information content (AvgIpc) is 2.68. The second-order valence-corrected chi connectivity index (χ2v) is 6.95. The molecule has 1 aliphatic rings. The van der Waals surface area contributed by atoms with Crippen LogP contribution in [-0.2, 0) is 11.2 Å². The SMILES string of the molecule is O=C(Cc1ccc([N+](=O)[O-])cc1)NC(c1ccccc1)C1CCCCC1. The lowest BCUT2D eigenvalue weighted by atomic mass is 9.81. The first-order valence-electron chi connectivity index (χ1n) is 9.21. The Balaban J connectivity index is 1.69. The zero-order valence-electron chi connectivity index (χ0n) is 14.8. The van der Waals surface area contributed by atoms with Crippen molar-refractivity contribution in [2.24, 2.45) is 5.92 Å². The van der Waals surface area contributed by atoms with Crippen molar-refractivity contribution in [3.8, 4) is 0 Å². The summed E-state index contributed by atoms with van der Waals surface area (Å²) in [6.45, 7) is 0. The van der Waals surface area contributed by atoms with E-state index in [0.29, 0.717) is 5.92 Å². The Bertz CT molecular complexity index is 738. The van der Waals surface area contributed by atoms with Crippen LogP contribution in [0.3, 0.4) is 0 Å². The summed E-state index contributed by atoms with van der Waals surface area (Å²) in [5, 5.41) is 14.0. The lowest BCUT2D eigenvalue weighted by molar-refractivity contribution is -0.384. The molecular formula is C21H24N2O3. The van der Waals surface area contributed by atoms with Gasteiger partial charge in [-0.2, -0.15) is 0 Å². The fourth-order valence-electron chi connectivity index (χ4n) is 3.75. The molecule has 1 aliphatic carbocycles. The Hall–Kier alpha value is -2.69. The van der Waals surface area contributed by atoms with Crippen LogP contribution in [0.4, 0.5) is 5.69 Å². The Labute approximate surface area is 153 Å². The van der Waals surface area contributed by atoms with Crippen LogP contribution < -0.4 is 5.32 Å². The quantitative estimate of drug-likeness (QED) is 0.611. The van der Waals surface area contributed by atoms with Crippen LogP contribution in [0.25, 0.3) is 0 Å². The zero-order valence-corrected chi connectivity index (χ0v) is 14.8. The van der Waals surface area contributed by atoms with Crippen LogP contribution in [0.15, 0.2) is 54.6 Å². The minimum Gasteiger partial charge on any atom is -0.349 e. The maximum absolute atomic E-state index is 12.6. The molecule has 0 saturated heterocycles. The molecule has 26 heavy (non-hydrogen) atoms. The normalized spacial score (nSPS) is 16.0. The first kappa shape index (κ1) is 18.1. The highest BCUT2D eigenvalue weighted by molar-refractivity contribution is 5.79. The largest absolute Gasteiger partial charge is 0.349 e. The lowest BCUT2D eigenvalue weighted by Gasteiger charge is -2.31. The van der Waals surface area contributed by atoms with Gasteiger partial charge in [0.2, 0.25) is 5.91 Å². The van der Waals surface area contributed by atoms with Crippen LogP contribution in [0.1, 0.15) is 49.3 Å². The number of nitrogens with zero attached hydrogens (tertiary/aromatic N) is 1. The average molecular weight is 352 g/mol. The number of nitro groups is 1. The van der Waals surface area contributed by atoms with E-state index in [1.54, 1.807) is 12.1 Å². The third-order valence-electron chi connectivity index (χ3n) is 5.11. The topological polar surface area (TPSA) is 72.2 Å². The van der Waals surface area contributed by atoms with E-state index in [1.807, 2.05) is 18.2 Å². The van der Waals surface area contributed by atoms with Crippen molar-refractivity contribution in [2.75, 3.05) is 0 Å². The van der Waals surface area contributed by atoms with Crippen molar-refractivity contribution in [3.05, 3.63) is 75.8 Å². The van der Waals surface area contributed by atoms with E-state index < -0.39 is 4.92 Å². The molecule has 1 unspecified atom stereocenters. The third kappa shape index (κ3) is 4.69. The van der Waals surface area contributed by atoms with E-state index in [4.69, 9.17) is 0 Å². The summed E-state index contributed by atoms with van der Waals surface area (Å²) in [6, 6.07) is 16.4. The van der Waals surface area contributed by atoms with Crippen LogP contribution in [0, 0.1) is 16.0 Å².